The number of anilines is 2. The number of carbonyl (C=O) groups is 5. The van der Waals surface area contributed by atoms with Gasteiger partial charge in [0.2, 0.25) is 0 Å². The fraction of sp³-hybridized carbons (Fsp3) is 0.298. The fourth-order valence-electron chi connectivity index (χ4n) is 7.95. The van der Waals surface area contributed by atoms with Crippen LogP contribution in [0.1, 0.15) is 125 Å². The monoisotopic (exact) mass is 946 g/mol. The van der Waals surface area contributed by atoms with Gasteiger partial charge in [-0.2, -0.15) is 0 Å². The summed E-state index contributed by atoms with van der Waals surface area (Å²) in [4.78, 5) is 81.0. The minimum atomic E-state index is -0.792. The highest BCUT2D eigenvalue weighted by Crippen LogP contribution is 2.35. The Bertz CT molecular complexity index is 2870. The molecule has 6 aromatic rings. The Balaban J connectivity index is 0.000000208. The highest BCUT2D eigenvalue weighted by Gasteiger charge is 2.36. The molecule has 0 radical (unpaired) electrons. The van der Waals surface area contributed by atoms with Crippen molar-refractivity contribution >= 4 is 41.4 Å². The van der Waals surface area contributed by atoms with Crippen LogP contribution < -0.4 is 39.1 Å². The van der Waals surface area contributed by atoms with Gasteiger partial charge in [0.05, 0.1) is 12.1 Å². The van der Waals surface area contributed by atoms with Gasteiger partial charge < -0.3 is 43.8 Å². The predicted molar refractivity (Wildman–Crippen MR) is 251 cm³/mol. The summed E-state index contributed by atoms with van der Waals surface area (Å²) >= 11 is 0. The van der Waals surface area contributed by atoms with Gasteiger partial charge >= 0.3 is 6.09 Å². The number of aromatic nitrogens is 6. The molecule has 2 aromatic carbocycles. The smallest absolute Gasteiger partial charge is 0.410 e. The zero-order valence-electron chi connectivity index (χ0n) is 38.0. The molecular formula is C47H52F2N14O6. The molecule has 0 spiro atoms. The number of nitrogens with one attached hydrogen (secondary N) is 3. The average Bonchev–Trinajstić information content (AvgIpc) is 3.85. The Morgan fingerprint density at radius 2 is 1.16 bits per heavy atom. The minimum absolute atomic E-state index is 0.0316. The van der Waals surface area contributed by atoms with Crippen LogP contribution in [0.4, 0.5) is 25.2 Å². The van der Waals surface area contributed by atoms with Gasteiger partial charge in [-0.15, -0.1) is 0 Å². The zero-order valence-corrected chi connectivity index (χ0v) is 38.0. The molecule has 20 nitrogen and oxygen atoms in total. The van der Waals surface area contributed by atoms with E-state index in [1.807, 2.05) is 0 Å². The number of benzene rings is 2. The van der Waals surface area contributed by atoms with Crippen LogP contribution in [0, 0.1) is 11.6 Å². The first-order chi connectivity index (χ1) is 32.9. The van der Waals surface area contributed by atoms with E-state index in [2.05, 4.69) is 35.9 Å². The lowest BCUT2D eigenvalue weighted by Crippen LogP contribution is -2.43. The maximum atomic E-state index is 13.4. The van der Waals surface area contributed by atoms with Crippen molar-refractivity contribution in [3.05, 3.63) is 131 Å². The number of amides is 5. The molecule has 2 atom stereocenters. The van der Waals surface area contributed by atoms with Gasteiger partial charge in [-0.25, -0.2) is 42.9 Å². The summed E-state index contributed by atoms with van der Waals surface area (Å²) in [7, 11) is 0. The SMILES string of the molecule is CC(C)(C)OC(=O)N1CCCC[C@H]1c1nc(-c2ccc(C(=O)Nc3cc(F)ccn3)cc2)c(C(N)=O)n1N.NC(=O)c1c(-c2ccc(C(=O)Nc3cc(F)ccn3)cc2)nc([C@@H]2CCCCN2)n1N. The molecule has 8 rings (SSSR count). The fourth-order valence-corrected chi connectivity index (χ4v) is 7.95. The Kier molecular flexibility index (Phi) is 14.6. The number of carbonyl (C=O) groups excluding carboxylic acids is 5. The first-order valence-corrected chi connectivity index (χ1v) is 22.0. The van der Waals surface area contributed by atoms with Gasteiger partial charge in [-0.05, 0) is 95.8 Å². The molecule has 5 amide bonds. The van der Waals surface area contributed by atoms with Gasteiger partial charge in [-0.3, -0.25) is 24.1 Å². The van der Waals surface area contributed by atoms with Gasteiger partial charge in [0.15, 0.2) is 17.2 Å². The summed E-state index contributed by atoms with van der Waals surface area (Å²) < 4.78 is 34.6. The van der Waals surface area contributed by atoms with Crippen LogP contribution in [0.15, 0.2) is 85.2 Å². The second-order valence-corrected chi connectivity index (χ2v) is 17.3. The number of nitrogens with two attached hydrogens (primary N) is 4. The Morgan fingerprint density at radius 1 is 0.681 bits per heavy atom. The Labute approximate surface area is 394 Å². The molecule has 11 N–H and O–H groups in total. The molecule has 2 aliphatic heterocycles. The van der Waals surface area contributed by atoms with Crippen molar-refractivity contribution in [1.82, 2.24) is 39.5 Å². The second kappa shape index (κ2) is 20.7. The highest BCUT2D eigenvalue weighted by molar-refractivity contribution is 6.05. The van der Waals surface area contributed by atoms with Crippen molar-refractivity contribution in [1.29, 1.82) is 0 Å². The van der Waals surface area contributed by atoms with Gasteiger partial charge in [0.1, 0.15) is 46.1 Å². The molecule has 2 fully saturated rings. The van der Waals surface area contributed by atoms with E-state index in [1.165, 1.54) is 41.3 Å². The highest BCUT2D eigenvalue weighted by atomic mass is 19.1. The van der Waals surface area contributed by atoms with Crippen LogP contribution in [0.3, 0.4) is 0 Å². The lowest BCUT2D eigenvalue weighted by atomic mass is 10.0. The molecule has 2 saturated heterocycles. The summed E-state index contributed by atoms with van der Waals surface area (Å²) in [5.41, 5.74) is 12.9. The first kappa shape index (κ1) is 48.7. The molecule has 360 valence electrons. The number of piperidine rings is 2. The number of hydrogen-bond donors (Lipinski definition) is 7. The number of rotatable bonds is 10. The Morgan fingerprint density at radius 3 is 1.61 bits per heavy atom. The largest absolute Gasteiger partial charge is 0.444 e. The van der Waals surface area contributed by atoms with Crippen molar-refractivity contribution in [3.8, 4) is 22.5 Å². The summed E-state index contributed by atoms with van der Waals surface area (Å²) in [6.07, 6.45) is 7.21. The van der Waals surface area contributed by atoms with Gasteiger partial charge in [-0.1, -0.05) is 30.7 Å². The topological polar surface area (TPSA) is 299 Å². The third-order valence-corrected chi connectivity index (χ3v) is 11.2. The summed E-state index contributed by atoms with van der Waals surface area (Å²) in [5, 5.41) is 8.41. The number of halogens is 2. The summed E-state index contributed by atoms with van der Waals surface area (Å²) in [6.45, 7) is 6.67. The molecule has 22 heteroatoms. The average molecular weight is 947 g/mol. The standard InChI is InChI=1S/C26H30FN7O4.C21H22FN7O2/c1-26(2,3)38-25(37)33-13-5-4-6-18(33)23-32-20(21(22(28)35)34(23)29)15-7-9-16(10-8-15)24(36)31-19-14-17(27)11-12-30-19;22-14-8-10-26-16(11-14)27-21(31)13-6-4-12(5-7-13)17-18(19(23)30)29(24)20(28-17)15-3-1-2-9-25-15/h7-12,14,18H,4-6,13,29H2,1-3H3,(H2,28,35)(H,30,31,36);4-8,10-11,15,25H,1-3,9,24H2,(H2,23,30)(H,26,27,31)/t18-;15-/m00/s1. The predicted octanol–water partition coefficient (Wildman–Crippen LogP) is 5.58. The van der Waals surface area contributed by atoms with E-state index in [4.69, 9.17) is 27.9 Å². The third kappa shape index (κ3) is 11.5. The molecule has 4 aromatic heterocycles. The van der Waals surface area contributed by atoms with Crippen LogP contribution in [-0.4, -0.2) is 82.6 Å². The van der Waals surface area contributed by atoms with Crippen LogP contribution in [-0.2, 0) is 4.74 Å². The molecule has 69 heavy (non-hydrogen) atoms. The lowest BCUT2D eigenvalue weighted by molar-refractivity contribution is 0.00819. The van der Waals surface area contributed by atoms with Crippen LogP contribution in [0.2, 0.25) is 0 Å². The number of hydrogen-bond acceptors (Lipinski definition) is 13. The number of likely N-dealkylation sites (tertiary alicyclic amines) is 1. The molecule has 0 unspecified atom stereocenters. The van der Waals surface area contributed by atoms with Crippen LogP contribution >= 0.6 is 0 Å². The van der Waals surface area contributed by atoms with E-state index < -0.39 is 53.0 Å². The molecule has 2 aliphatic rings. The minimum Gasteiger partial charge on any atom is -0.444 e. The van der Waals surface area contributed by atoms with Crippen LogP contribution in [0.5, 0.6) is 0 Å². The first-order valence-electron chi connectivity index (χ1n) is 22.0. The normalized spacial score (nSPS) is 15.9. The molecule has 0 aliphatic carbocycles. The maximum absolute atomic E-state index is 13.4. The van der Waals surface area contributed by atoms with E-state index in [1.54, 1.807) is 62.1 Å². The Hall–Kier alpha value is -8.27. The molecule has 6 heterocycles. The van der Waals surface area contributed by atoms with Gasteiger partial charge in [0.25, 0.3) is 23.6 Å². The van der Waals surface area contributed by atoms with E-state index in [0.717, 1.165) is 55.5 Å². The number of primary amides is 2. The van der Waals surface area contributed by atoms with E-state index in [9.17, 15) is 32.8 Å². The van der Waals surface area contributed by atoms with E-state index in [0.29, 0.717) is 47.0 Å². The van der Waals surface area contributed by atoms with Gasteiger partial charge in [0, 0.05) is 53.3 Å². The lowest BCUT2D eigenvalue weighted by Gasteiger charge is -2.36. The third-order valence-electron chi connectivity index (χ3n) is 11.2. The zero-order chi connectivity index (χ0) is 49.6. The van der Waals surface area contributed by atoms with Crippen molar-refractivity contribution in [2.45, 2.75) is 77.0 Å². The summed E-state index contributed by atoms with van der Waals surface area (Å²) in [6, 6.07) is 16.7. The summed E-state index contributed by atoms with van der Waals surface area (Å²) in [5.74, 6) is 10.1. The molecule has 0 saturated carbocycles. The van der Waals surface area contributed by atoms with Crippen molar-refractivity contribution in [3.63, 3.8) is 0 Å². The number of ether oxygens (including phenoxy) is 1. The quantitative estimate of drug-likeness (QED) is 0.0827. The number of imidazole rings is 2. The van der Waals surface area contributed by atoms with Crippen molar-refractivity contribution in [2.24, 2.45) is 11.5 Å². The van der Waals surface area contributed by atoms with E-state index in [-0.39, 0.29) is 40.3 Å². The number of pyridine rings is 2. The van der Waals surface area contributed by atoms with E-state index >= 15 is 0 Å². The maximum Gasteiger partial charge on any atom is 0.410 e. The van der Waals surface area contributed by atoms with Crippen LogP contribution in [0.25, 0.3) is 22.5 Å². The second-order valence-electron chi connectivity index (χ2n) is 17.3. The van der Waals surface area contributed by atoms with Crippen molar-refractivity contribution in [2.75, 3.05) is 35.4 Å². The van der Waals surface area contributed by atoms with Crippen molar-refractivity contribution < 1.29 is 37.5 Å². The number of nitrogen functional groups attached to an aromatic ring is 2. The molecular weight excluding hydrogens is 895 g/mol. The molecule has 0 bridgehead atoms. The number of nitrogens with zero attached hydrogens (tertiary/aromatic N) is 7.